The average Bonchev–Trinajstić information content (AvgIpc) is 2.52. The maximum atomic E-state index is 11.6. The summed E-state index contributed by atoms with van der Waals surface area (Å²) in [4.78, 5) is 15.7. The van der Waals surface area contributed by atoms with E-state index in [1.807, 2.05) is 30.3 Å². The number of hydrogen-bond donors (Lipinski definition) is 1. The van der Waals surface area contributed by atoms with Crippen LogP contribution in [0.5, 0.6) is 5.75 Å². The van der Waals surface area contributed by atoms with Crippen molar-refractivity contribution in [2.45, 2.75) is 13.0 Å². The van der Waals surface area contributed by atoms with Crippen LogP contribution in [0.1, 0.15) is 12.0 Å². The molecule has 0 spiro atoms. The Balaban J connectivity index is 1.90. The summed E-state index contributed by atoms with van der Waals surface area (Å²) in [5.74, 6) is 1.00. The highest BCUT2D eigenvalue weighted by molar-refractivity contribution is 5.89. The Hall–Kier alpha value is -2.40. The third-order valence-electron chi connectivity index (χ3n) is 2.78. The molecule has 2 rings (SSSR count). The molecule has 1 amide bonds. The van der Waals surface area contributed by atoms with Crippen LogP contribution in [-0.2, 0) is 16.1 Å². The second-order valence-electron chi connectivity index (χ2n) is 4.44. The van der Waals surface area contributed by atoms with Crippen LogP contribution in [-0.4, -0.2) is 24.6 Å². The van der Waals surface area contributed by atoms with Crippen LogP contribution >= 0.6 is 0 Å². The summed E-state index contributed by atoms with van der Waals surface area (Å²) in [5.41, 5.74) is 1.08. The number of hydrogen-bond acceptors (Lipinski definition) is 4. The van der Waals surface area contributed by atoms with Gasteiger partial charge in [0.2, 0.25) is 5.91 Å². The number of aromatic nitrogens is 1. The van der Waals surface area contributed by atoms with Gasteiger partial charge < -0.3 is 14.8 Å². The number of rotatable bonds is 7. The van der Waals surface area contributed by atoms with Crippen molar-refractivity contribution in [2.75, 3.05) is 19.0 Å². The maximum Gasteiger partial charge on any atom is 0.227 e. The topological polar surface area (TPSA) is 60.5 Å². The number of benzene rings is 1. The van der Waals surface area contributed by atoms with Gasteiger partial charge in [0, 0.05) is 19.4 Å². The fourth-order valence-electron chi connectivity index (χ4n) is 1.71. The van der Waals surface area contributed by atoms with Crippen LogP contribution in [0.4, 0.5) is 5.82 Å². The molecule has 21 heavy (non-hydrogen) atoms. The Bertz CT molecular complexity index is 573. The van der Waals surface area contributed by atoms with Crippen molar-refractivity contribution in [2.24, 2.45) is 0 Å². The molecule has 0 bridgehead atoms. The van der Waals surface area contributed by atoms with E-state index in [1.54, 1.807) is 25.4 Å². The molecule has 5 nitrogen and oxygen atoms in total. The smallest absolute Gasteiger partial charge is 0.227 e. The summed E-state index contributed by atoms with van der Waals surface area (Å²) in [5, 5.41) is 2.71. The molecule has 0 atom stereocenters. The number of nitrogens with one attached hydrogen (secondary N) is 1. The zero-order valence-corrected chi connectivity index (χ0v) is 11.9. The molecule has 0 aliphatic rings. The lowest BCUT2D eigenvalue weighted by Gasteiger charge is -2.08. The lowest BCUT2D eigenvalue weighted by Crippen LogP contribution is -2.14. The highest BCUT2D eigenvalue weighted by Crippen LogP contribution is 2.16. The molecular formula is C16H18N2O3. The first-order chi connectivity index (χ1) is 10.3. The van der Waals surface area contributed by atoms with E-state index in [0.29, 0.717) is 31.2 Å². The van der Waals surface area contributed by atoms with E-state index < -0.39 is 0 Å². The zero-order chi connectivity index (χ0) is 14.9. The van der Waals surface area contributed by atoms with Crippen molar-refractivity contribution in [3.8, 4) is 5.75 Å². The van der Waals surface area contributed by atoms with E-state index in [0.717, 1.165) is 5.56 Å². The van der Waals surface area contributed by atoms with Gasteiger partial charge >= 0.3 is 0 Å². The van der Waals surface area contributed by atoms with Crippen molar-refractivity contribution < 1.29 is 14.3 Å². The summed E-state index contributed by atoms with van der Waals surface area (Å²) in [6, 6.07) is 13.3. The van der Waals surface area contributed by atoms with Gasteiger partial charge in [0.05, 0.1) is 13.0 Å². The van der Waals surface area contributed by atoms with Gasteiger partial charge in [0.1, 0.15) is 18.2 Å². The lowest BCUT2D eigenvalue weighted by atomic mass is 10.2. The SMILES string of the molecule is COCCC(=O)Nc1cc(OCc2ccccc2)ccn1. The van der Waals surface area contributed by atoms with Crippen LogP contribution < -0.4 is 10.1 Å². The summed E-state index contributed by atoms with van der Waals surface area (Å²) < 4.78 is 10.5. The first kappa shape index (κ1) is 15.0. The van der Waals surface area contributed by atoms with Gasteiger partial charge in [-0.3, -0.25) is 4.79 Å². The highest BCUT2D eigenvalue weighted by Gasteiger charge is 2.04. The number of carbonyl (C=O) groups excluding carboxylic acids is 1. The Morgan fingerprint density at radius 3 is 2.81 bits per heavy atom. The molecular weight excluding hydrogens is 268 g/mol. The monoisotopic (exact) mass is 286 g/mol. The number of methoxy groups -OCH3 is 1. The summed E-state index contributed by atoms with van der Waals surface area (Å²) in [7, 11) is 1.56. The molecule has 2 aromatic rings. The summed E-state index contributed by atoms with van der Waals surface area (Å²) >= 11 is 0. The predicted octanol–water partition coefficient (Wildman–Crippen LogP) is 2.64. The number of pyridine rings is 1. The molecule has 1 aromatic carbocycles. The molecule has 110 valence electrons. The Labute approximate surface area is 123 Å². The number of ether oxygens (including phenoxy) is 2. The fourth-order valence-corrected chi connectivity index (χ4v) is 1.71. The van der Waals surface area contributed by atoms with Crippen LogP contribution in [0.2, 0.25) is 0 Å². The molecule has 0 radical (unpaired) electrons. The fraction of sp³-hybridized carbons (Fsp3) is 0.250. The minimum atomic E-state index is -0.135. The van der Waals surface area contributed by atoms with Gasteiger partial charge in [-0.1, -0.05) is 30.3 Å². The minimum Gasteiger partial charge on any atom is -0.489 e. The van der Waals surface area contributed by atoms with E-state index in [2.05, 4.69) is 10.3 Å². The molecule has 1 N–H and O–H groups in total. The zero-order valence-electron chi connectivity index (χ0n) is 11.9. The van der Waals surface area contributed by atoms with E-state index in [-0.39, 0.29) is 5.91 Å². The Kier molecular flexibility index (Phi) is 5.72. The first-order valence-electron chi connectivity index (χ1n) is 6.69. The number of nitrogens with zero attached hydrogens (tertiary/aromatic N) is 1. The summed E-state index contributed by atoms with van der Waals surface area (Å²) in [6.45, 7) is 0.859. The van der Waals surface area contributed by atoms with Gasteiger partial charge in [-0.15, -0.1) is 0 Å². The molecule has 0 fully saturated rings. The summed E-state index contributed by atoms with van der Waals surface area (Å²) in [6.07, 6.45) is 1.90. The maximum absolute atomic E-state index is 11.6. The third kappa shape index (κ3) is 5.24. The molecule has 1 aromatic heterocycles. The van der Waals surface area contributed by atoms with Crippen molar-refractivity contribution in [3.63, 3.8) is 0 Å². The van der Waals surface area contributed by atoms with Crippen molar-refractivity contribution in [1.82, 2.24) is 4.98 Å². The quantitative estimate of drug-likeness (QED) is 0.850. The second kappa shape index (κ2) is 8.01. The molecule has 5 heteroatoms. The largest absolute Gasteiger partial charge is 0.489 e. The van der Waals surface area contributed by atoms with E-state index in [1.165, 1.54) is 0 Å². The van der Waals surface area contributed by atoms with Crippen LogP contribution in [0.25, 0.3) is 0 Å². The highest BCUT2D eigenvalue weighted by atomic mass is 16.5. The molecule has 0 unspecified atom stereocenters. The molecule has 1 heterocycles. The van der Waals surface area contributed by atoms with Crippen LogP contribution in [0.3, 0.4) is 0 Å². The number of anilines is 1. The van der Waals surface area contributed by atoms with E-state index in [9.17, 15) is 4.79 Å². The van der Waals surface area contributed by atoms with Gasteiger partial charge in [-0.25, -0.2) is 4.98 Å². The Morgan fingerprint density at radius 1 is 1.24 bits per heavy atom. The minimum absolute atomic E-state index is 0.135. The van der Waals surface area contributed by atoms with Gasteiger partial charge in [0.25, 0.3) is 0 Å². The molecule has 0 saturated heterocycles. The predicted molar refractivity (Wildman–Crippen MR) is 80.1 cm³/mol. The van der Waals surface area contributed by atoms with Crippen molar-refractivity contribution >= 4 is 11.7 Å². The first-order valence-corrected chi connectivity index (χ1v) is 6.69. The van der Waals surface area contributed by atoms with Gasteiger partial charge in [-0.2, -0.15) is 0 Å². The van der Waals surface area contributed by atoms with Crippen LogP contribution in [0, 0.1) is 0 Å². The van der Waals surface area contributed by atoms with E-state index >= 15 is 0 Å². The van der Waals surface area contributed by atoms with Crippen molar-refractivity contribution in [3.05, 3.63) is 54.2 Å². The van der Waals surface area contributed by atoms with Gasteiger partial charge in [0.15, 0.2) is 0 Å². The van der Waals surface area contributed by atoms with Gasteiger partial charge in [-0.05, 0) is 11.6 Å². The average molecular weight is 286 g/mol. The normalized spacial score (nSPS) is 10.1. The second-order valence-corrected chi connectivity index (χ2v) is 4.44. The Morgan fingerprint density at radius 2 is 2.05 bits per heavy atom. The van der Waals surface area contributed by atoms with Crippen LogP contribution in [0.15, 0.2) is 48.7 Å². The third-order valence-corrected chi connectivity index (χ3v) is 2.78. The van der Waals surface area contributed by atoms with E-state index in [4.69, 9.17) is 9.47 Å². The van der Waals surface area contributed by atoms with Crippen molar-refractivity contribution in [1.29, 1.82) is 0 Å². The number of carbonyl (C=O) groups is 1. The molecule has 0 saturated carbocycles. The lowest BCUT2D eigenvalue weighted by molar-refractivity contribution is -0.117. The number of amides is 1. The molecule has 0 aliphatic carbocycles. The standard InChI is InChI=1S/C16H18N2O3/c1-20-10-8-16(19)18-15-11-14(7-9-17-15)21-12-13-5-3-2-4-6-13/h2-7,9,11H,8,10,12H2,1H3,(H,17,18,19). The molecule has 0 aliphatic heterocycles.